The second-order valence-corrected chi connectivity index (χ2v) is 9.31. The van der Waals surface area contributed by atoms with Crippen molar-refractivity contribution in [2.45, 2.75) is 32.5 Å². The molecular formula is C28H26ClN3O4S. The molecule has 2 amide bonds. The van der Waals surface area contributed by atoms with Crippen molar-refractivity contribution in [2.24, 2.45) is 0 Å². The first-order chi connectivity index (χ1) is 17.9. The highest BCUT2D eigenvalue weighted by atomic mass is 35.5. The summed E-state index contributed by atoms with van der Waals surface area (Å²) in [6.07, 6.45) is -0.0858. The van der Waals surface area contributed by atoms with Gasteiger partial charge in [0.05, 0.1) is 25.1 Å². The summed E-state index contributed by atoms with van der Waals surface area (Å²) in [5.74, 6) is -0.995. The quantitative estimate of drug-likeness (QED) is 0.305. The minimum absolute atomic E-state index is 0.0858. The van der Waals surface area contributed by atoms with Gasteiger partial charge in [-0.1, -0.05) is 54.1 Å². The number of rotatable bonds is 9. The molecule has 1 fully saturated rings. The van der Waals surface area contributed by atoms with Crippen LogP contribution in [0, 0.1) is 0 Å². The molecule has 3 aromatic carbocycles. The summed E-state index contributed by atoms with van der Waals surface area (Å²) >= 11 is 11.7. The average Bonchev–Trinajstić information content (AvgIpc) is 3.10. The van der Waals surface area contributed by atoms with Gasteiger partial charge in [-0.15, -0.1) is 0 Å². The molecule has 1 aliphatic rings. The molecule has 3 aromatic rings. The second kappa shape index (κ2) is 12.0. The molecule has 1 saturated heterocycles. The molecule has 1 aliphatic heterocycles. The van der Waals surface area contributed by atoms with Gasteiger partial charge in [-0.05, 0) is 66.7 Å². The number of anilines is 1. The number of esters is 1. The van der Waals surface area contributed by atoms with Crippen LogP contribution in [0.4, 0.5) is 5.69 Å². The lowest BCUT2D eigenvalue weighted by Crippen LogP contribution is -2.37. The molecule has 7 nitrogen and oxygen atoms in total. The highest BCUT2D eigenvalue weighted by Gasteiger charge is 2.43. The summed E-state index contributed by atoms with van der Waals surface area (Å²) in [4.78, 5) is 41.7. The number of nitrogens with one attached hydrogen (secondary N) is 1. The normalized spacial score (nSPS) is 15.1. The minimum Gasteiger partial charge on any atom is -0.462 e. The van der Waals surface area contributed by atoms with Crippen molar-refractivity contribution < 1.29 is 19.1 Å². The van der Waals surface area contributed by atoms with Crippen LogP contribution in [0.25, 0.3) is 0 Å². The van der Waals surface area contributed by atoms with Gasteiger partial charge < -0.3 is 15.0 Å². The maximum absolute atomic E-state index is 13.5. The number of amides is 2. The van der Waals surface area contributed by atoms with E-state index in [9.17, 15) is 14.4 Å². The van der Waals surface area contributed by atoms with E-state index >= 15 is 0 Å². The van der Waals surface area contributed by atoms with Gasteiger partial charge in [-0.25, -0.2) is 4.79 Å². The van der Waals surface area contributed by atoms with Crippen molar-refractivity contribution >= 4 is 52.4 Å². The van der Waals surface area contributed by atoms with Gasteiger partial charge in [-0.2, -0.15) is 0 Å². The molecule has 1 N–H and O–H groups in total. The first kappa shape index (κ1) is 26.3. The minimum atomic E-state index is -0.759. The third-order valence-corrected chi connectivity index (χ3v) is 6.62. The van der Waals surface area contributed by atoms with Crippen LogP contribution in [0.5, 0.6) is 0 Å². The van der Waals surface area contributed by atoms with Crippen LogP contribution in [0.2, 0.25) is 5.02 Å². The molecule has 4 rings (SSSR count). The third-order valence-electron chi connectivity index (χ3n) is 5.91. The maximum Gasteiger partial charge on any atom is 0.338 e. The molecule has 37 heavy (non-hydrogen) atoms. The Morgan fingerprint density at radius 1 is 0.946 bits per heavy atom. The summed E-state index contributed by atoms with van der Waals surface area (Å²) < 4.78 is 4.99. The Labute approximate surface area is 226 Å². The van der Waals surface area contributed by atoms with Crippen molar-refractivity contribution in [1.82, 2.24) is 9.80 Å². The molecule has 0 unspecified atom stereocenters. The van der Waals surface area contributed by atoms with E-state index in [4.69, 9.17) is 28.6 Å². The van der Waals surface area contributed by atoms with Crippen LogP contribution >= 0.6 is 23.8 Å². The summed E-state index contributed by atoms with van der Waals surface area (Å²) in [5, 5.41) is 3.80. The predicted octanol–water partition coefficient (Wildman–Crippen LogP) is 5.04. The average molecular weight is 536 g/mol. The maximum atomic E-state index is 13.5. The number of carbonyl (C=O) groups is 3. The Hall–Kier alpha value is -3.75. The van der Waals surface area contributed by atoms with Gasteiger partial charge in [0.25, 0.3) is 5.91 Å². The van der Waals surface area contributed by atoms with Crippen LogP contribution in [-0.4, -0.2) is 45.3 Å². The van der Waals surface area contributed by atoms with E-state index in [2.05, 4.69) is 5.32 Å². The number of hydrogen-bond acceptors (Lipinski definition) is 5. The summed E-state index contributed by atoms with van der Waals surface area (Å²) in [7, 11) is 0. The topological polar surface area (TPSA) is 78.9 Å². The standard InChI is InChI=1S/C28H26ClN3O4S/c1-2-36-27(35)21-10-14-23(15-11-21)30-25(33)16-24-26(34)32(18-19-6-4-3-5-7-19)28(37)31(24)17-20-8-12-22(29)13-9-20/h3-15,24H,2,16-18H2,1H3,(H,30,33)/t24-/m1/s1. The monoisotopic (exact) mass is 535 g/mol. The van der Waals surface area contributed by atoms with Crippen molar-refractivity contribution in [1.29, 1.82) is 0 Å². The zero-order valence-electron chi connectivity index (χ0n) is 20.2. The fourth-order valence-corrected chi connectivity index (χ4v) is 4.53. The zero-order chi connectivity index (χ0) is 26.4. The number of hydrogen-bond donors (Lipinski definition) is 1. The SMILES string of the molecule is CCOC(=O)c1ccc(NC(=O)C[C@@H]2C(=O)N(Cc3ccccc3)C(=S)N2Cc2ccc(Cl)cc2)cc1. The van der Waals surface area contributed by atoms with E-state index in [0.29, 0.717) is 34.5 Å². The van der Waals surface area contributed by atoms with E-state index in [0.717, 1.165) is 11.1 Å². The lowest BCUT2D eigenvalue weighted by molar-refractivity contribution is -0.131. The van der Waals surface area contributed by atoms with Gasteiger partial charge in [0, 0.05) is 17.3 Å². The molecule has 1 atom stereocenters. The van der Waals surface area contributed by atoms with Gasteiger partial charge in [0.2, 0.25) is 5.91 Å². The molecule has 9 heteroatoms. The van der Waals surface area contributed by atoms with Crippen molar-refractivity contribution in [2.75, 3.05) is 11.9 Å². The Morgan fingerprint density at radius 3 is 2.24 bits per heavy atom. The van der Waals surface area contributed by atoms with Crippen molar-refractivity contribution in [3.63, 3.8) is 0 Å². The Morgan fingerprint density at radius 2 is 1.59 bits per heavy atom. The lowest BCUT2D eigenvalue weighted by Gasteiger charge is -2.24. The number of ether oxygens (including phenoxy) is 1. The van der Waals surface area contributed by atoms with Crippen LogP contribution in [0.15, 0.2) is 78.9 Å². The van der Waals surface area contributed by atoms with Gasteiger partial charge in [-0.3, -0.25) is 14.5 Å². The summed E-state index contributed by atoms with van der Waals surface area (Å²) in [5.41, 5.74) is 2.76. The number of benzene rings is 3. The third kappa shape index (κ3) is 6.53. The van der Waals surface area contributed by atoms with E-state index < -0.39 is 12.0 Å². The smallest absolute Gasteiger partial charge is 0.338 e. The summed E-state index contributed by atoms with van der Waals surface area (Å²) in [6.45, 7) is 2.70. The van der Waals surface area contributed by atoms with E-state index in [-0.39, 0.29) is 24.8 Å². The van der Waals surface area contributed by atoms with E-state index in [1.54, 1.807) is 53.1 Å². The Bertz CT molecular complexity index is 1280. The largest absolute Gasteiger partial charge is 0.462 e. The number of halogens is 1. The Kier molecular flexibility index (Phi) is 8.53. The lowest BCUT2D eigenvalue weighted by atomic mass is 10.1. The Balaban J connectivity index is 1.50. The molecule has 0 aromatic heterocycles. The van der Waals surface area contributed by atoms with E-state index in [1.807, 2.05) is 42.5 Å². The molecule has 0 radical (unpaired) electrons. The fourth-order valence-electron chi connectivity index (χ4n) is 4.06. The van der Waals surface area contributed by atoms with Crippen LogP contribution in [-0.2, 0) is 27.4 Å². The molecule has 0 saturated carbocycles. The second-order valence-electron chi connectivity index (χ2n) is 8.51. The van der Waals surface area contributed by atoms with Gasteiger partial charge in [0.1, 0.15) is 6.04 Å². The van der Waals surface area contributed by atoms with E-state index in [1.165, 1.54) is 0 Å². The van der Waals surface area contributed by atoms with Crippen molar-refractivity contribution in [3.05, 3.63) is 101 Å². The van der Waals surface area contributed by atoms with Crippen molar-refractivity contribution in [3.8, 4) is 0 Å². The number of carbonyl (C=O) groups excluding carboxylic acids is 3. The van der Waals surface area contributed by atoms with Gasteiger partial charge in [0.15, 0.2) is 5.11 Å². The van der Waals surface area contributed by atoms with Crippen LogP contribution < -0.4 is 5.32 Å². The first-order valence-electron chi connectivity index (χ1n) is 11.8. The highest BCUT2D eigenvalue weighted by molar-refractivity contribution is 7.80. The van der Waals surface area contributed by atoms with Gasteiger partial charge >= 0.3 is 5.97 Å². The zero-order valence-corrected chi connectivity index (χ0v) is 21.8. The highest BCUT2D eigenvalue weighted by Crippen LogP contribution is 2.26. The molecule has 0 bridgehead atoms. The molecule has 190 valence electrons. The molecular weight excluding hydrogens is 510 g/mol. The fraction of sp³-hybridized carbons (Fsp3) is 0.214. The summed E-state index contributed by atoms with van der Waals surface area (Å²) in [6, 6.07) is 22.5. The molecule has 1 heterocycles. The predicted molar refractivity (Wildman–Crippen MR) is 146 cm³/mol. The number of thiocarbonyl (C=S) groups is 1. The first-order valence-corrected chi connectivity index (χ1v) is 12.6. The van der Waals surface area contributed by atoms with Crippen LogP contribution in [0.3, 0.4) is 0 Å². The molecule has 0 spiro atoms. The van der Waals surface area contributed by atoms with Crippen LogP contribution in [0.1, 0.15) is 34.8 Å². The number of nitrogens with zero attached hydrogens (tertiary/aromatic N) is 2. The molecule has 0 aliphatic carbocycles.